The second-order valence-electron chi connectivity index (χ2n) is 4.54. The zero-order valence-corrected chi connectivity index (χ0v) is 15.5. The van der Waals surface area contributed by atoms with Crippen molar-refractivity contribution in [2.45, 2.75) is 52.5 Å². The monoisotopic (exact) mass is 461 g/mol. The minimum absolute atomic E-state index is 0. The maximum Gasteiger partial charge on any atom is 0.248 e. The Morgan fingerprint density at radius 3 is 2.57 bits per heavy atom. The maximum absolute atomic E-state index is 11.9. The fourth-order valence-corrected chi connectivity index (χ4v) is 1.99. The molecule has 1 heterocycles. The molecule has 0 aromatic heterocycles. The molecular weight excluding hydrogens is 440 g/mol. The quantitative estimate of drug-likeness (QED) is 0.483. The van der Waals surface area contributed by atoms with E-state index in [0.29, 0.717) is 12.0 Å². The molecule has 0 saturated carbocycles. The molecule has 3 amide bonds. The van der Waals surface area contributed by atoms with Crippen LogP contribution in [-0.4, -0.2) is 23.8 Å². The number of hydrogen-bond acceptors (Lipinski definition) is 3. The first-order chi connectivity index (χ1) is 9.56. The Balaban J connectivity index is 0.00000128. The van der Waals surface area contributed by atoms with Crippen molar-refractivity contribution in [3.8, 4) is 0 Å². The third-order valence-electron chi connectivity index (χ3n) is 3.00. The van der Waals surface area contributed by atoms with E-state index in [1.807, 2.05) is 26.8 Å². The largest absolute Gasteiger partial charge is 0.394 e. The fraction of sp³-hybridized carbons (Fsp3) is 0.533. The van der Waals surface area contributed by atoms with E-state index >= 15 is 0 Å². The summed E-state index contributed by atoms with van der Waals surface area (Å²) >= 11 is 0. The van der Waals surface area contributed by atoms with Crippen molar-refractivity contribution in [1.29, 1.82) is 0 Å². The van der Waals surface area contributed by atoms with Gasteiger partial charge in [0.25, 0.3) is 0 Å². The molecule has 0 radical (unpaired) electrons. The number of carbonyl (C=O) groups is 3. The third kappa shape index (κ3) is 5.96. The van der Waals surface area contributed by atoms with Crippen molar-refractivity contribution in [2.24, 2.45) is 0 Å². The van der Waals surface area contributed by atoms with Crippen molar-refractivity contribution in [2.75, 3.05) is 0 Å². The van der Waals surface area contributed by atoms with Crippen LogP contribution in [0, 0.1) is 6.08 Å². The van der Waals surface area contributed by atoms with Crippen molar-refractivity contribution in [1.82, 2.24) is 10.6 Å². The molecule has 1 unspecified atom stereocenters. The van der Waals surface area contributed by atoms with Crippen LogP contribution in [0.3, 0.4) is 0 Å². The Kier molecular flexibility index (Phi) is 9.10. The van der Waals surface area contributed by atoms with Gasteiger partial charge in [0.2, 0.25) is 11.8 Å². The van der Waals surface area contributed by atoms with Gasteiger partial charge in [0.15, 0.2) is 0 Å². The normalized spacial score (nSPS) is 20.8. The molecule has 0 spiro atoms. The predicted molar refractivity (Wildman–Crippen MR) is 75.4 cm³/mol. The van der Waals surface area contributed by atoms with E-state index in [0.717, 1.165) is 18.4 Å². The molecule has 0 bridgehead atoms. The summed E-state index contributed by atoms with van der Waals surface area (Å²) in [5.74, 6) is -1.02. The second kappa shape index (κ2) is 9.67. The average Bonchev–Trinajstić information content (AvgIpc) is 2.44. The predicted octanol–water partition coefficient (Wildman–Crippen LogP) is 1.40. The summed E-state index contributed by atoms with van der Waals surface area (Å²) in [5, 5.41) is 4.84. The first-order valence-corrected chi connectivity index (χ1v) is 7.00. The number of imide groups is 1. The second-order valence-corrected chi connectivity index (χ2v) is 4.54. The van der Waals surface area contributed by atoms with Crippen LogP contribution >= 0.6 is 0 Å². The van der Waals surface area contributed by atoms with E-state index in [2.05, 4.69) is 16.7 Å². The van der Waals surface area contributed by atoms with Gasteiger partial charge in [0, 0.05) is 27.5 Å². The van der Waals surface area contributed by atoms with E-state index < -0.39 is 11.9 Å². The molecule has 2 N–H and O–H groups in total. The van der Waals surface area contributed by atoms with Gasteiger partial charge in [0.05, 0.1) is 6.04 Å². The van der Waals surface area contributed by atoms with Crippen LogP contribution in [0.25, 0.3) is 0 Å². The van der Waals surface area contributed by atoms with Crippen LogP contribution < -0.4 is 10.6 Å². The van der Waals surface area contributed by atoms with Gasteiger partial charge in [0.1, 0.15) is 5.91 Å². The molecular formula is C15H21N2O3W-. The Morgan fingerprint density at radius 2 is 2.00 bits per heavy atom. The molecule has 5 nitrogen and oxygen atoms in total. The van der Waals surface area contributed by atoms with E-state index in [-0.39, 0.29) is 39.3 Å². The maximum atomic E-state index is 11.9. The fourth-order valence-electron chi connectivity index (χ4n) is 1.99. The van der Waals surface area contributed by atoms with Gasteiger partial charge in [-0.05, 0) is 6.42 Å². The van der Waals surface area contributed by atoms with Crippen LogP contribution in [0.1, 0.15) is 46.5 Å². The van der Waals surface area contributed by atoms with Gasteiger partial charge in [-0.25, -0.2) is 0 Å². The van der Waals surface area contributed by atoms with Crippen LogP contribution in [-0.2, 0) is 35.4 Å². The Morgan fingerprint density at radius 1 is 1.33 bits per heavy atom. The van der Waals surface area contributed by atoms with Gasteiger partial charge in [-0.3, -0.25) is 14.9 Å². The summed E-state index contributed by atoms with van der Waals surface area (Å²) in [5.41, 5.74) is 1.51. The first kappa shape index (κ1) is 19.8. The molecule has 116 valence electrons. The van der Waals surface area contributed by atoms with Crippen molar-refractivity contribution < 1.29 is 35.4 Å². The standard InChI is InChI=1S/C13H15N2O3.C2H6.W/c1-8-3-2-4-9(7-8)12(17)14-10-5-6-11(16)15-13(10)18;1-2;/h4,10H,2-3,5-6H2,1H3,(H,14,17)(H,15,16,18);1-2H3;/q-1;;. The van der Waals surface area contributed by atoms with Crippen LogP contribution in [0.5, 0.6) is 0 Å². The summed E-state index contributed by atoms with van der Waals surface area (Å²) in [7, 11) is 0. The number of carbonyl (C=O) groups excluding carboxylic acids is 3. The molecule has 0 aromatic carbocycles. The minimum atomic E-state index is -0.625. The molecule has 1 saturated heterocycles. The van der Waals surface area contributed by atoms with Crippen LogP contribution in [0.15, 0.2) is 17.2 Å². The summed E-state index contributed by atoms with van der Waals surface area (Å²) in [6.07, 6.45) is 7.15. The van der Waals surface area contributed by atoms with Gasteiger partial charge in [-0.2, -0.15) is 12.2 Å². The number of piperidine rings is 1. The van der Waals surface area contributed by atoms with E-state index in [1.165, 1.54) is 0 Å². The number of hydrogen-bond donors (Lipinski definition) is 2. The molecule has 2 rings (SSSR count). The molecule has 1 fully saturated rings. The number of nitrogens with one attached hydrogen (secondary N) is 2. The van der Waals surface area contributed by atoms with Gasteiger partial charge in [-0.15, -0.1) is 11.1 Å². The van der Waals surface area contributed by atoms with Gasteiger partial charge >= 0.3 is 0 Å². The minimum Gasteiger partial charge on any atom is -0.394 e. The topological polar surface area (TPSA) is 75.3 Å². The molecule has 1 aliphatic carbocycles. The van der Waals surface area contributed by atoms with E-state index in [1.54, 1.807) is 0 Å². The number of amides is 3. The van der Waals surface area contributed by atoms with Crippen molar-refractivity contribution in [3.63, 3.8) is 0 Å². The summed E-state index contributed by atoms with van der Waals surface area (Å²) < 4.78 is 0. The average molecular weight is 461 g/mol. The summed E-state index contributed by atoms with van der Waals surface area (Å²) in [4.78, 5) is 34.4. The molecule has 0 aromatic rings. The van der Waals surface area contributed by atoms with E-state index in [9.17, 15) is 14.4 Å². The SMILES string of the molecule is CC.CC1=[C-]C(C(=O)NC2CCC(=O)NC2=O)=CCC1.[W]. The molecule has 1 aliphatic heterocycles. The first-order valence-electron chi connectivity index (χ1n) is 7.00. The third-order valence-corrected chi connectivity index (χ3v) is 3.00. The van der Waals surface area contributed by atoms with Crippen LogP contribution in [0.2, 0.25) is 0 Å². The molecule has 6 heteroatoms. The van der Waals surface area contributed by atoms with Crippen LogP contribution in [0.4, 0.5) is 0 Å². The summed E-state index contributed by atoms with van der Waals surface area (Å²) in [6, 6.07) is -0.625. The number of rotatable bonds is 2. The van der Waals surface area contributed by atoms with Gasteiger partial charge < -0.3 is 10.1 Å². The van der Waals surface area contributed by atoms with Gasteiger partial charge in [-0.1, -0.05) is 33.6 Å². The van der Waals surface area contributed by atoms with Crippen molar-refractivity contribution in [3.05, 3.63) is 23.3 Å². The molecule has 1 atom stereocenters. The Bertz CT molecular complexity index is 470. The summed E-state index contributed by atoms with van der Waals surface area (Å²) in [6.45, 7) is 5.92. The van der Waals surface area contributed by atoms with E-state index in [4.69, 9.17) is 0 Å². The Hall–Kier alpha value is -1.22. The molecule has 2 aliphatic rings. The zero-order valence-electron chi connectivity index (χ0n) is 12.6. The van der Waals surface area contributed by atoms with Crippen molar-refractivity contribution >= 4 is 17.7 Å². The molecule has 21 heavy (non-hydrogen) atoms. The smallest absolute Gasteiger partial charge is 0.248 e. The number of allylic oxidation sites excluding steroid dienone is 2. The zero-order chi connectivity index (χ0) is 15.1. The Labute approximate surface area is 139 Å².